The van der Waals surface area contributed by atoms with E-state index >= 15 is 0 Å². The average Bonchev–Trinajstić information content (AvgIpc) is 2.24. The van der Waals surface area contributed by atoms with E-state index in [-0.39, 0.29) is 0 Å². The molecule has 18 heavy (non-hydrogen) atoms. The fraction of sp³-hybridized carbons (Fsp3) is 0.385. The van der Waals surface area contributed by atoms with Gasteiger partial charge in [0.15, 0.2) is 6.04 Å². The minimum atomic E-state index is -1.27. The Kier molecular flexibility index (Phi) is 4.31. The zero-order chi connectivity index (χ0) is 13.8. The molecule has 1 aromatic carbocycles. The molecule has 1 aromatic rings. The van der Waals surface area contributed by atoms with Gasteiger partial charge in [0.25, 0.3) is 0 Å². The molecule has 0 heterocycles. The summed E-state index contributed by atoms with van der Waals surface area (Å²) in [5.41, 5.74) is -0.112. The molecule has 1 unspecified atom stereocenters. The number of ether oxygens (including phenoxy) is 1. The first-order valence-electron chi connectivity index (χ1n) is 5.57. The number of amides is 1. The molecule has 98 valence electrons. The van der Waals surface area contributed by atoms with Gasteiger partial charge in [-0.3, -0.25) is 0 Å². The van der Waals surface area contributed by atoms with E-state index in [4.69, 9.17) is 9.84 Å². The lowest BCUT2D eigenvalue weighted by atomic mass is 10.1. The van der Waals surface area contributed by atoms with E-state index in [1.165, 1.54) is 0 Å². The van der Waals surface area contributed by atoms with Crippen LogP contribution in [0.3, 0.4) is 0 Å². The third-order valence-corrected chi connectivity index (χ3v) is 2.04. The maximum atomic E-state index is 11.9. The Morgan fingerprint density at radius 1 is 1.22 bits per heavy atom. The van der Waals surface area contributed by atoms with Crippen LogP contribution in [-0.4, -0.2) is 22.8 Å². The third-order valence-electron chi connectivity index (χ3n) is 2.04. The second-order valence-electron chi connectivity index (χ2n) is 4.83. The highest BCUT2D eigenvalue weighted by molar-refractivity contribution is 5.82. The number of nitrogens with one attached hydrogen (secondary N) is 1. The molecule has 0 aliphatic heterocycles. The minimum Gasteiger partial charge on any atom is -0.465 e. The van der Waals surface area contributed by atoms with Crippen molar-refractivity contribution in [2.45, 2.75) is 32.4 Å². The summed E-state index contributed by atoms with van der Waals surface area (Å²) in [6.07, 6.45) is -1.27. The molecule has 5 nitrogen and oxygen atoms in total. The first-order chi connectivity index (χ1) is 8.29. The van der Waals surface area contributed by atoms with Crippen molar-refractivity contribution in [1.82, 2.24) is 5.32 Å². The fourth-order valence-electron chi connectivity index (χ4n) is 1.41. The van der Waals surface area contributed by atoms with Gasteiger partial charge in [0.2, 0.25) is 0 Å². The number of carbonyl (C=O) groups excluding carboxylic acids is 1. The number of carbonyl (C=O) groups is 2. The Hall–Kier alpha value is -2.04. The number of rotatable bonds is 3. The fourth-order valence-corrected chi connectivity index (χ4v) is 1.41. The van der Waals surface area contributed by atoms with E-state index in [9.17, 15) is 9.59 Å². The summed E-state index contributed by atoms with van der Waals surface area (Å²) in [5.74, 6) is -0.615. The van der Waals surface area contributed by atoms with Gasteiger partial charge in [-0.15, -0.1) is 0 Å². The van der Waals surface area contributed by atoms with Crippen molar-refractivity contribution in [3.8, 4) is 0 Å². The van der Waals surface area contributed by atoms with Crippen molar-refractivity contribution < 1.29 is 19.4 Å². The molecule has 5 heteroatoms. The normalized spacial score (nSPS) is 12.6. The maximum Gasteiger partial charge on any atom is 0.405 e. The Bertz CT molecular complexity index is 422. The number of benzene rings is 1. The van der Waals surface area contributed by atoms with Crippen LogP contribution in [0, 0.1) is 0 Å². The van der Waals surface area contributed by atoms with E-state index < -0.39 is 23.7 Å². The van der Waals surface area contributed by atoms with Crippen LogP contribution in [0.4, 0.5) is 4.79 Å². The Morgan fingerprint density at radius 2 is 1.78 bits per heavy atom. The van der Waals surface area contributed by atoms with Crippen molar-refractivity contribution in [2.75, 3.05) is 0 Å². The zero-order valence-corrected chi connectivity index (χ0v) is 10.6. The minimum absolute atomic E-state index is 0.550. The van der Waals surface area contributed by atoms with Crippen molar-refractivity contribution in [3.05, 3.63) is 35.9 Å². The number of carboxylic acid groups (broad SMARTS) is 1. The summed E-state index contributed by atoms with van der Waals surface area (Å²) in [6.45, 7) is 5.19. The van der Waals surface area contributed by atoms with Crippen LogP contribution in [0.1, 0.15) is 32.4 Å². The quantitative estimate of drug-likeness (QED) is 0.808. The van der Waals surface area contributed by atoms with Gasteiger partial charge in [-0.1, -0.05) is 30.3 Å². The Balaban J connectivity index is 2.92. The van der Waals surface area contributed by atoms with Crippen molar-refractivity contribution in [2.24, 2.45) is 0 Å². The summed E-state index contributed by atoms with van der Waals surface area (Å²) in [4.78, 5) is 22.7. The highest BCUT2D eigenvalue weighted by Crippen LogP contribution is 2.18. The smallest absolute Gasteiger partial charge is 0.405 e. The second-order valence-corrected chi connectivity index (χ2v) is 4.83. The topological polar surface area (TPSA) is 75.6 Å². The van der Waals surface area contributed by atoms with E-state index in [0.717, 1.165) is 0 Å². The molecule has 0 aliphatic carbocycles. The molecule has 2 N–H and O–H groups in total. The second kappa shape index (κ2) is 5.53. The molecule has 0 saturated carbocycles. The van der Waals surface area contributed by atoms with E-state index in [0.29, 0.717) is 5.56 Å². The van der Waals surface area contributed by atoms with Gasteiger partial charge in [0.05, 0.1) is 0 Å². The first kappa shape index (κ1) is 14.0. The summed E-state index contributed by atoms with van der Waals surface area (Å²) in [5, 5.41) is 10.9. The van der Waals surface area contributed by atoms with Gasteiger partial charge < -0.3 is 15.2 Å². The van der Waals surface area contributed by atoms with Crippen molar-refractivity contribution in [1.29, 1.82) is 0 Å². The highest BCUT2D eigenvalue weighted by atomic mass is 16.6. The average molecular weight is 251 g/mol. The van der Waals surface area contributed by atoms with Crippen LogP contribution >= 0.6 is 0 Å². The van der Waals surface area contributed by atoms with Crippen LogP contribution in [0.25, 0.3) is 0 Å². The molecule has 0 saturated heterocycles. The Morgan fingerprint density at radius 3 is 2.22 bits per heavy atom. The summed E-state index contributed by atoms with van der Waals surface area (Å²) in [6, 6.07) is 7.58. The van der Waals surface area contributed by atoms with E-state index in [2.05, 4.69) is 5.32 Å². The number of esters is 1. The van der Waals surface area contributed by atoms with Gasteiger partial charge in [0.1, 0.15) is 5.60 Å². The highest BCUT2D eigenvalue weighted by Gasteiger charge is 2.27. The van der Waals surface area contributed by atoms with Gasteiger partial charge in [-0.25, -0.2) is 9.59 Å². The number of hydrogen-bond donors (Lipinski definition) is 2. The van der Waals surface area contributed by atoms with E-state index in [1.807, 2.05) is 0 Å². The van der Waals surface area contributed by atoms with E-state index in [1.54, 1.807) is 51.1 Å². The maximum absolute atomic E-state index is 11.9. The van der Waals surface area contributed by atoms with Gasteiger partial charge in [-0.05, 0) is 26.3 Å². The summed E-state index contributed by atoms with van der Waals surface area (Å²) < 4.78 is 5.19. The predicted molar refractivity (Wildman–Crippen MR) is 66.2 cm³/mol. The lowest BCUT2D eigenvalue weighted by Crippen LogP contribution is -2.37. The molecule has 1 rings (SSSR count). The van der Waals surface area contributed by atoms with Gasteiger partial charge >= 0.3 is 12.1 Å². The molecule has 0 aliphatic rings. The van der Waals surface area contributed by atoms with Crippen molar-refractivity contribution >= 4 is 12.1 Å². The molecule has 0 spiro atoms. The number of hydrogen-bond acceptors (Lipinski definition) is 3. The molecule has 1 amide bonds. The van der Waals surface area contributed by atoms with Crippen LogP contribution in [0.15, 0.2) is 30.3 Å². The third kappa shape index (κ3) is 4.45. The zero-order valence-electron chi connectivity index (χ0n) is 10.6. The van der Waals surface area contributed by atoms with Gasteiger partial charge in [-0.2, -0.15) is 0 Å². The molecule has 0 bridgehead atoms. The monoisotopic (exact) mass is 251 g/mol. The first-order valence-corrected chi connectivity index (χ1v) is 5.57. The standard InChI is InChI=1S/C13H17NO4/c1-13(2,3)18-11(15)10(14-12(16)17)9-7-5-4-6-8-9/h4-8,10,14H,1-3H3,(H,16,17). The van der Waals surface area contributed by atoms with Crippen LogP contribution in [-0.2, 0) is 9.53 Å². The van der Waals surface area contributed by atoms with Crippen LogP contribution in [0.5, 0.6) is 0 Å². The SMILES string of the molecule is CC(C)(C)OC(=O)C(NC(=O)O)c1ccccc1. The summed E-state index contributed by atoms with van der Waals surface area (Å²) >= 11 is 0. The van der Waals surface area contributed by atoms with Crippen LogP contribution < -0.4 is 5.32 Å². The van der Waals surface area contributed by atoms with Crippen molar-refractivity contribution in [3.63, 3.8) is 0 Å². The molecule has 1 atom stereocenters. The molecular weight excluding hydrogens is 234 g/mol. The van der Waals surface area contributed by atoms with Gasteiger partial charge in [0, 0.05) is 0 Å². The lowest BCUT2D eigenvalue weighted by molar-refractivity contribution is -0.157. The molecule has 0 radical (unpaired) electrons. The van der Waals surface area contributed by atoms with Crippen LogP contribution in [0.2, 0.25) is 0 Å². The predicted octanol–water partition coefficient (Wildman–Crippen LogP) is 2.34. The molecule has 0 aromatic heterocycles. The largest absolute Gasteiger partial charge is 0.465 e. The Labute approximate surface area is 106 Å². The lowest BCUT2D eigenvalue weighted by Gasteiger charge is -2.24. The molecule has 0 fully saturated rings. The summed E-state index contributed by atoms with van der Waals surface area (Å²) in [7, 11) is 0. The molecular formula is C13H17NO4.